The number of amides is 2. The summed E-state index contributed by atoms with van der Waals surface area (Å²) in [6.07, 6.45) is 3.99. The zero-order valence-corrected chi connectivity index (χ0v) is 16.9. The molecule has 29 heavy (non-hydrogen) atoms. The first-order chi connectivity index (χ1) is 14.0. The number of methoxy groups -OCH3 is 1. The van der Waals surface area contributed by atoms with Gasteiger partial charge in [-0.3, -0.25) is 14.4 Å². The van der Waals surface area contributed by atoms with Gasteiger partial charge in [-0.25, -0.2) is 0 Å². The number of nitrogens with one attached hydrogen (secondary N) is 1. The minimum Gasteiger partial charge on any atom is -0.495 e. The van der Waals surface area contributed by atoms with Gasteiger partial charge in [0.1, 0.15) is 5.75 Å². The van der Waals surface area contributed by atoms with Crippen LogP contribution in [0.5, 0.6) is 5.75 Å². The van der Waals surface area contributed by atoms with Crippen molar-refractivity contribution in [1.82, 2.24) is 4.90 Å². The summed E-state index contributed by atoms with van der Waals surface area (Å²) in [6, 6.07) is 8.08. The Hall–Kier alpha value is -2.80. The molecule has 1 aliphatic heterocycles. The highest BCUT2D eigenvalue weighted by molar-refractivity contribution is 6.41. The Kier molecular flexibility index (Phi) is 6.93. The highest BCUT2D eigenvalue weighted by Gasteiger charge is 2.29. The van der Waals surface area contributed by atoms with Gasteiger partial charge in [-0.15, -0.1) is 0 Å². The van der Waals surface area contributed by atoms with Gasteiger partial charge in [-0.05, 0) is 55.5 Å². The van der Waals surface area contributed by atoms with Gasteiger partial charge in [-0.1, -0.05) is 11.6 Å². The van der Waals surface area contributed by atoms with Crippen molar-refractivity contribution in [2.45, 2.75) is 25.7 Å². The summed E-state index contributed by atoms with van der Waals surface area (Å²) in [7, 11) is 1.52. The molecule has 154 valence electrons. The summed E-state index contributed by atoms with van der Waals surface area (Å²) in [5.74, 6) is -0.607. The molecule has 1 saturated heterocycles. The first-order valence-electron chi connectivity index (χ1n) is 9.48. The second-order valence-electron chi connectivity index (χ2n) is 7.00. The van der Waals surface area contributed by atoms with Crippen LogP contribution in [0.15, 0.2) is 41.0 Å². The van der Waals surface area contributed by atoms with Crippen LogP contribution < -0.4 is 10.1 Å². The number of rotatable bonds is 7. The molecule has 1 aromatic carbocycles. The number of benzene rings is 1. The highest BCUT2D eigenvalue weighted by Crippen LogP contribution is 2.28. The summed E-state index contributed by atoms with van der Waals surface area (Å²) >= 11 is 5.99. The van der Waals surface area contributed by atoms with E-state index in [4.69, 9.17) is 20.8 Å². The fraction of sp³-hybridized carbons (Fsp3) is 0.381. The molecule has 3 rings (SSSR count). The van der Waals surface area contributed by atoms with Crippen molar-refractivity contribution in [3.05, 3.63) is 47.4 Å². The van der Waals surface area contributed by atoms with Crippen molar-refractivity contribution >= 4 is 34.9 Å². The number of halogens is 1. The average Bonchev–Trinajstić information content (AvgIpc) is 3.26. The number of ether oxygens (including phenoxy) is 1. The molecule has 1 atom stereocenters. The second kappa shape index (κ2) is 9.60. The Labute approximate surface area is 174 Å². The normalized spacial score (nSPS) is 16.3. The fourth-order valence-electron chi connectivity index (χ4n) is 3.47. The predicted octanol–water partition coefficient (Wildman–Crippen LogP) is 3.78. The Morgan fingerprint density at radius 3 is 2.86 bits per heavy atom. The molecule has 0 bridgehead atoms. The van der Waals surface area contributed by atoms with Crippen molar-refractivity contribution in [2.75, 3.05) is 25.5 Å². The van der Waals surface area contributed by atoms with Crippen LogP contribution in [-0.2, 0) is 9.59 Å². The lowest BCUT2D eigenvalue weighted by molar-refractivity contribution is -0.128. The van der Waals surface area contributed by atoms with Crippen LogP contribution in [0.25, 0.3) is 0 Å². The van der Waals surface area contributed by atoms with Crippen molar-refractivity contribution in [3.8, 4) is 5.75 Å². The third-order valence-electron chi connectivity index (χ3n) is 4.96. The molecule has 0 radical (unpaired) electrons. The van der Waals surface area contributed by atoms with Gasteiger partial charge in [0.15, 0.2) is 5.76 Å². The Morgan fingerprint density at radius 1 is 1.31 bits per heavy atom. The van der Waals surface area contributed by atoms with Crippen molar-refractivity contribution < 1.29 is 23.5 Å². The minimum atomic E-state index is -0.638. The Bertz CT molecular complexity index is 881. The standard InChI is InChI=1S/C21H23ClN2O5/c1-28-17-8-7-15(22)12-16(17)23-19(25)9-6-14-4-2-10-24(13-14)21(27)20(26)18-5-3-11-29-18/h3,5,7-8,11-12,14H,2,4,6,9-10,13H2,1H3,(H,23,25). The second-order valence-corrected chi connectivity index (χ2v) is 7.43. The summed E-state index contributed by atoms with van der Waals surface area (Å²) in [4.78, 5) is 38.5. The maximum Gasteiger partial charge on any atom is 0.298 e. The van der Waals surface area contributed by atoms with Crippen LogP contribution >= 0.6 is 11.6 Å². The number of carbonyl (C=O) groups is 3. The molecule has 2 aromatic rings. The zero-order valence-electron chi connectivity index (χ0n) is 16.2. The van der Waals surface area contributed by atoms with Crippen LogP contribution in [0.4, 0.5) is 5.69 Å². The molecule has 0 spiro atoms. The van der Waals surface area contributed by atoms with Gasteiger partial charge in [0.05, 0.1) is 19.1 Å². The maximum absolute atomic E-state index is 12.4. The number of Topliss-reactive ketones (excluding diaryl/α,β-unsaturated/α-hetero) is 1. The van der Waals surface area contributed by atoms with Gasteiger partial charge in [0, 0.05) is 24.5 Å². The number of hydrogen-bond donors (Lipinski definition) is 1. The van der Waals surface area contributed by atoms with Crippen molar-refractivity contribution in [2.24, 2.45) is 5.92 Å². The van der Waals surface area contributed by atoms with Crippen LogP contribution in [0.3, 0.4) is 0 Å². The number of piperidine rings is 1. The molecule has 1 aliphatic rings. The SMILES string of the molecule is COc1ccc(Cl)cc1NC(=O)CCC1CCCN(C(=O)C(=O)c2ccco2)C1. The van der Waals surface area contributed by atoms with E-state index in [0.717, 1.165) is 12.8 Å². The topological polar surface area (TPSA) is 88.9 Å². The first kappa shape index (κ1) is 20.9. The number of hydrogen-bond acceptors (Lipinski definition) is 5. The number of carbonyl (C=O) groups excluding carboxylic acids is 3. The first-order valence-corrected chi connectivity index (χ1v) is 9.86. The van der Waals surface area contributed by atoms with E-state index in [2.05, 4.69) is 5.32 Å². The highest BCUT2D eigenvalue weighted by atomic mass is 35.5. The van der Waals surface area contributed by atoms with E-state index in [1.807, 2.05) is 0 Å². The molecular weight excluding hydrogens is 396 g/mol. The van der Waals surface area contributed by atoms with E-state index in [1.54, 1.807) is 29.2 Å². The van der Waals surface area contributed by atoms with E-state index in [1.165, 1.54) is 19.4 Å². The fourth-order valence-corrected chi connectivity index (χ4v) is 3.64. The molecule has 2 heterocycles. The molecule has 0 aliphatic carbocycles. The molecule has 1 N–H and O–H groups in total. The molecule has 1 unspecified atom stereocenters. The Morgan fingerprint density at radius 2 is 2.14 bits per heavy atom. The smallest absolute Gasteiger partial charge is 0.298 e. The van der Waals surface area contributed by atoms with Crippen molar-refractivity contribution in [3.63, 3.8) is 0 Å². The quantitative estimate of drug-likeness (QED) is 0.546. The molecule has 1 aromatic heterocycles. The van der Waals surface area contributed by atoms with Gasteiger partial charge in [0.2, 0.25) is 5.91 Å². The summed E-state index contributed by atoms with van der Waals surface area (Å²) in [5, 5.41) is 3.32. The molecule has 7 nitrogen and oxygen atoms in total. The third kappa shape index (κ3) is 5.38. The van der Waals surface area contributed by atoms with E-state index < -0.39 is 11.7 Å². The van der Waals surface area contributed by atoms with Crippen molar-refractivity contribution in [1.29, 1.82) is 0 Å². The van der Waals surface area contributed by atoms with E-state index in [0.29, 0.717) is 42.4 Å². The predicted molar refractivity (Wildman–Crippen MR) is 108 cm³/mol. The lowest BCUT2D eigenvalue weighted by Crippen LogP contribution is -2.43. The number of anilines is 1. The van der Waals surface area contributed by atoms with Crippen LogP contribution in [0.2, 0.25) is 5.02 Å². The average molecular weight is 419 g/mol. The van der Waals surface area contributed by atoms with E-state index >= 15 is 0 Å². The molecule has 1 fully saturated rings. The third-order valence-corrected chi connectivity index (χ3v) is 5.20. The Balaban J connectivity index is 1.52. The number of nitrogens with zero attached hydrogens (tertiary/aromatic N) is 1. The lowest BCUT2D eigenvalue weighted by Gasteiger charge is -2.32. The molecule has 8 heteroatoms. The van der Waals surface area contributed by atoms with E-state index in [9.17, 15) is 14.4 Å². The minimum absolute atomic E-state index is 0.0481. The maximum atomic E-state index is 12.4. The van der Waals surface area contributed by atoms with Crippen LogP contribution in [0, 0.1) is 5.92 Å². The van der Waals surface area contributed by atoms with E-state index in [-0.39, 0.29) is 17.6 Å². The van der Waals surface area contributed by atoms with Gasteiger partial charge in [-0.2, -0.15) is 0 Å². The van der Waals surface area contributed by atoms with Crippen LogP contribution in [-0.4, -0.2) is 42.7 Å². The van der Waals surface area contributed by atoms with Gasteiger partial charge >= 0.3 is 0 Å². The summed E-state index contributed by atoms with van der Waals surface area (Å²) < 4.78 is 10.3. The lowest BCUT2D eigenvalue weighted by atomic mass is 9.93. The molecular formula is C21H23ClN2O5. The summed E-state index contributed by atoms with van der Waals surface area (Å²) in [6.45, 7) is 0.993. The zero-order chi connectivity index (χ0) is 20.8. The molecule has 0 saturated carbocycles. The molecule has 2 amide bonds. The summed E-state index contributed by atoms with van der Waals surface area (Å²) in [5.41, 5.74) is 0.523. The number of furan rings is 1. The largest absolute Gasteiger partial charge is 0.495 e. The van der Waals surface area contributed by atoms with Gasteiger partial charge < -0.3 is 19.4 Å². The monoisotopic (exact) mass is 418 g/mol. The van der Waals surface area contributed by atoms with Crippen LogP contribution in [0.1, 0.15) is 36.2 Å². The van der Waals surface area contributed by atoms with Gasteiger partial charge in [0.25, 0.3) is 11.7 Å². The number of likely N-dealkylation sites (tertiary alicyclic amines) is 1. The number of ketones is 1.